The van der Waals surface area contributed by atoms with E-state index in [2.05, 4.69) is 38.3 Å². The summed E-state index contributed by atoms with van der Waals surface area (Å²) in [5.41, 5.74) is 0.643. The second-order valence-corrected chi connectivity index (χ2v) is 8.60. The highest BCUT2D eigenvalue weighted by molar-refractivity contribution is 9.10. The average Bonchev–Trinajstić information content (AvgIpc) is 3.09. The van der Waals surface area contributed by atoms with E-state index >= 15 is 0 Å². The number of benzene rings is 1. The third-order valence-electron chi connectivity index (χ3n) is 5.58. The zero-order valence-electron chi connectivity index (χ0n) is 13.0. The summed E-state index contributed by atoms with van der Waals surface area (Å²) in [5, 5.41) is 3.25. The summed E-state index contributed by atoms with van der Waals surface area (Å²) >= 11 is 5.30. The third-order valence-corrected chi connectivity index (χ3v) is 7.50. The molecule has 1 aromatic heterocycles. The topological polar surface area (TPSA) is 32.8 Å². The second kappa shape index (κ2) is 5.87. The first-order valence-electron chi connectivity index (χ1n) is 8.04. The molecule has 0 radical (unpaired) electrons. The summed E-state index contributed by atoms with van der Waals surface area (Å²) in [5.74, 6) is 0.512. The fraction of sp³-hybridized carbons (Fsp3) is 0.471. The first-order chi connectivity index (χ1) is 11.1. The Kier molecular flexibility index (Phi) is 4.07. The van der Waals surface area contributed by atoms with Gasteiger partial charge in [0.05, 0.1) is 6.54 Å². The number of hydrogen-bond donors (Lipinski definition) is 0. The molecule has 1 aromatic carbocycles. The fourth-order valence-electron chi connectivity index (χ4n) is 4.36. The average molecular weight is 430 g/mol. The van der Waals surface area contributed by atoms with Crippen LogP contribution in [0.25, 0.3) is 10.1 Å². The van der Waals surface area contributed by atoms with Gasteiger partial charge < -0.3 is 4.74 Å². The molecule has 4 saturated heterocycles. The molecule has 4 aliphatic heterocycles. The SMILES string of the molecule is Cl.O=C1O[C@]2(CN3CCC2CC3)CN1c1ccc2scc(Br)c2c1. The molecule has 0 unspecified atom stereocenters. The van der Waals surface area contributed by atoms with Gasteiger partial charge in [-0.2, -0.15) is 0 Å². The van der Waals surface area contributed by atoms with Crippen molar-refractivity contribution < 1.29 is 9.53 Å². The van der Waals surface area contributed by atoms with Crippen LogP contribution in [0.4, 0.5) is 10.5 Å². The molecule has 1 spiro atoms. The molecule has 2 bridgehead atoms. The molecular weight excluding hydrogens is 412 g/mol. The van der Waals surface area contributed by atoms with Gasteiger partial charge in [-0.05, 0) is 60.1 Å². The van der Waals surface area contributed by atoms with Gasteiger partial charge >= 0.3 is 6.09 Å². The lowest BCUT2D eigenvalue weighted by atomic mass is 9.75. The largest absolute Gasteiger partial charge is 0.439 e. The Balaban J connectivity index is 0.00000146. The van der Waals surface area contributed by atoms with Gasteiger partial charge in [0.2, 0.25) is 0 Å². The van der Waals surface area contributed by atoms with E-state index in [9.17, 15) is 4.79 Å². The van der Waals surface area contributed by atoms with E-state index in [0.717, 1.165) is 48.0 Å². The maximum Gasteiger partial charge on any atom is 0.415 e. The van der Waals surface area contributed by atoms with Crippen LogP contribution in [0.3, 0.4) is 0 Å². The van der Waals surface area contributed by atoms with Crippen LogP contribution in [-0.2, 0) is 4.74 Å². The van der Waals surface area contributed by atoms with E-state index in [1.165, 1.54) is 4.70 Å². The van der Waals surface area contributed by atoms with Crippen LogP contribution >= 0.6 is 39.7 Å². The lowest BCUT2D eigenvalue weighted by Crippen LogP contribution is -2.61. The number of thiophene rings is 1. The fourth-order valence-corrected chi connectivity index (χ4v) is 5.90. The highest BCUT2D eigenvalue weighted by atomic mass is 79.9. The van der Waals surface area contributed by atoms with Gasteiger partial charge in [0.25, 0.3) is 0 Å². The number of amides is 1. The Morgan fingerprint density at radius 1 is 1.25 bits per heavy atom. The maximum absolute atomic E-state index is 12.6. The minimum atomic E-state index is -0.297. The van der Waals surface area contributed by atoms with Gasteiger partial charge in [-0.15, -0.1) is 23.7 Å². The number of rotatable bonds is 1. The van der Waals surface area contributed by atoms with Crippen molar-refractivity contribution >= 4 is 61.5 Å². The summed E-state index contributed by atoms with van der Waals surface area (Å²) in [7, 11) is 0. The number of carbonyl (C=O) groups is 1. The van der Waals surface area contributed by atoms with Crippen LogP contribution in [0, 0.1) is 5.92 Å². The van der Waals surface area contributed by atoms with E-state index in [1.807, 2.05) is 11.0 Å². The highest BCUT2D eigenvalue weighted by Gasteiger charge is 2.55. The van der Waals surface area contributed by atoms with Crippen molar-refractivity contribution in [3.05, 3.63) is 28.1 Å². The van der Waals surface area contributed by atoms with Crippen molar-refractivity contribution in [2.45, 2.75) is 18.4 Å². The van der Waals surface area contributed by atoms with Crippen molar-refractivity contribution in [1.82, 2.24) is 4.90 Å². The van der Waals surface area contributed by atoms with Crippen molar-refractivity contribution in [2.24, 2.45) is 5.92 Å². The van der Waals surface area contributed by atoms with Crippen molar-refractivity contribution in [1.29, 1.82) is 0 Å². The van der Waals surface area contributed by atoms with Gasteiger partial charge in [0, 0.05) is 38.1 Å². The number of hydrogen-bond acceptors (Lipinski definition) is 4. The molecule has 6 rings (SSSR count). The Labute approximate surface area is 159 Å². The predicted octanol–water partition coefficient (Wildman–Crippen LogP) is 4.51. The number of fused-ring (bicyclic) bond motifs is 3. The Morgan fingerprint density at radius 2 is 2.04 bits per heavy atom. The number of halogens is 2. The highest BCUT2D eigenvalue weighted by Crippen LogP contribution is 2.44. The molecule has 0 saturated carbocycles. The lowest BCUT2D eigenvalue weighted by molar-refractivity contribution is -0.0881. The molecule has 7 heteroatoms. The third kappa shape index (κ3) is 2.38. The lowest BCUT2D eigenvalue weighted by Gasteiger charge is -2.49. The van der Waals surface area contributed by atoms with Crippen LogP contribution in [0.15, 0.2) is 28.1 Å². The number of anilines is 1. The van der Waals surface area contributed by atoms with Crippen molar-refractivity contribution in [3.8, 4) is 0 Å². The van der Waals surface area contributed by atoms with Crippen molar-refractivity contribution in [2.75, 3.05) is 31.1 Å². The molecule has 0 N–H and O–H groups in total. The number of carbonyl (C=O) groups excluding carboxylic acids is 1. The quantitative estimate of drug-likeness (QED) is 0.669. The van der Waals surface area contributed by atoms with Gasteiger partial charge in [0.15, 0.2) is 0 Å². The summed E-state index contributed by atoms with van der Waals surface area (Å²) in [6.07, 6.45) is 2.11. The van der Waals surface area contributed by atoms with Gasteiger partial charge in [0.1, 0.15) is 5.60 Å². The Bertz CT molecular complexity index is 805. The van der Waals surface area contributed by atoms with Crippen molar-refractivity contribution in [3.63, 3.8) is 0 Å². The monoisotopic (exact) mass is 428 g/mol. The standard InChI is InChI=1S/C17H17BrN2O2S.ClH/c18-14-8-23-15-2-1-12(7-13(14)15)20-10-17(22-16(20)21)9-19-5-3-11(17)4-6-19;/h1-2,7-8,11H,3-6,9-10H2;1H/t17-;/m1./s1. The van der Waals surface area contributed by atoms with E-state index in [1.54, 1.807) is 11.3 Å². The zero-order chi connectivity index (χ0) is 15.6. The van der Waals surface area contributed by atoms with Crippen LogP contribution in [-0.4, -0.2) is 42.8 Å². The van der Waals surface area contributed by atoms with Gasteiger partial charge in [-0.25, -0.2) is 4.79 Å². The van der Waals surface area contributed by atoms with E-state index in [-0.39, 0.29) is 24.1 Å². The summed E-state index contributed by atoms with van der Waals surface area (Å²) in [6, 6.07) is 6.22. The number of ether oxygens (including phenoxy) is 1. The van der Waals surface area contributed by atoms with E-state index < -0.39 is 0 Å². The Hall–Kier alpha value is -0.820. The van der Waals surface area contributed by atoms with Crippen LogP contribution in [0.1, 0.15) is 12.8 Å². The molecule has 1 atom stereocenters. The molecule has 5 heterocycles. The minimum Gasteiger partial charge on any atom is -0.439 e. The summed E-state index contributed by atoms with van der Waals surface area (Å²) < 4.78 is 8.27. The number of nitrogens with zero attached hydrogens (tertiary/aromatic N) is 2. The van der Waals surface area contributed by atoms with E-state index in [4.69, 9.17) is 4.74 Å². The molecule has 1 amide bonds. The van der Waals surface area contributed by atoms with Gasteiger partial charge in [-0.3, -0.25) is 9.80 Å². The second-order valence-electron chi connectivity index (χ2n) is 6.83. The zero-order valence-corrected chi connectivity index (χ0v) is 16.3. The summed E-state index contributed by atoms with van der Waals surface area (Å²) in [6.45, 7) is 3.88. The maximum atomic E-state index is 12.6. The summed E-state index contributed by atoms with van der Waals surface area (Å²) in [4.78, 5) is 16.8. The van der Waals surface area contributed by atoms with Gasteiger partial charge in [-0.1, -0.05) is 0 Å². The normalized spacial score (nSPS) is 31.5. The molecule has 0 aliphatic carbocycles. The molecule has 4 aliphatic rings. The predicted molar refractivity (Wildman–Crippen MR) is 102 cm³/mol. The first kappa shape index (κ1) is 16.6. The molecule has 128 valence electrons. The molecule has 2 aromatic rings. The van der Waals surface area contributed by atoms with Crippen LogP contribution < -0.4 is 4.90 Å². The molecule has 4 nitrogen and oxygen atoms in total. The number of piperidine rings is 3. The molecule has 4 fully saturated rings. The van der Waals surface area contributed by atoms with Crippen LogP contribution in [0.2, 0.25) is 0 Å². The minimum absolute atomic E-state index is 0. The molecule has 24 heavy (non-hydrogen) atoms. The van der Waals surface area contributed by atoms with E-state index in [0.29, 0.717) is 12.5 Å². The Morgan fingerprint density at radius 3 is 2.75 bits per heavy atom. The molecular formula is C17H18BrClN2O2S. The van der Waals surface area contributed by atoms with Crippen LogP contribution in [0.5, 0.6) is 0 Å². The first-order valence-corrected chi connectivity index (χ1v) is 9.71. The smallest absolute Gasteiger partial charge is 0.415 e.